The highest BCUT2D eigenvalue weighted by Gasteiger charge is 2.24. The van der Waals surface area contributed by atoms with Crippen molar-refractivity contribution < 1.29 is 9.53 Å². The average molecular weight is 325 g/mol. The number of para-hydroxylation sites is 1. The summed E-state index contributed by atoms with van der Waals surface area (Å²) in [5.41, 5.74) is 0.629. The molecule has 2 heterocycles. The summed E-state index contributed by atoms with van der Waals surface area (Å²) in [5.74, 6) is 2.00. The lowest BCUT2D eigenvalue weighted by molar-refractivity contribution is 0.0963. The van der Waals surface area contributed by atoms with E-state index in [4.69, 9.17) is 4.74 Å². The van der Waals surface area contributed by atoms with E-state index in [0.717, 1.165) is 37.5 Å². The molecule has 24 heavy (non-hydrogen) atoms. The van der Waals surface area contributed by atoms with Crippen molar-refractivity contribution in [2.45, 2.75) is 12.8 Å². The summed E-state index contributed by atoms with van der Waals surface area (Å²) in [5, 5.41) is 2.69. The number of aromatic nitrogens is 1. The van der Waals surface area contributed by atoms with Crippen LogP contribution in [0.1, 0.15) is 23.2 Å². The number of pyridine rings is 1. The van der Waals surface area contributed by atoms with E-state index in [1.54, 1.807) is 19.3 Å². The number of ether oxygens (including phenoxy) is 1. The molecule has 1 N–H and O–H groups in total. The van der Waals surface area contributed by atoms with Gasteiger partial charge < -0.3 is 15.0 Å². The maximum Gasteiger partial charge on any atom is 0.254 e. The van der Waals surface area contributed by atoms with E-state index < -0.39 is 0 Å². The van der Waals surface area contributed by atoms with Crippen LogP contribution in [0.3, 0.4) is 0 Å². The first kappa shape index (κ1) is 16.3. The standard InChI is InChI=1S/C19H23N3O2/c1-20-19(23)17-10-5-11-21-18(17)22-12-6-7-15(13-22)14-24-16-8-3-2-4-9-16/h2-5,8-11,15H,6-7,12-14H2,1H3,(H,20,23). The molecule has 1 aromatic heterocycles. The van der Waals surface area contributed by atoms with Crippen LogP contribution in [0.25, 0.3) is 0 Å². The quantitative estimate of drug-likeness (QED) is 0.918. The summed E-state index contributed by atoms with van der Waals surface area (Å²) in [7, 11) is 1.64. The SMILES string of the molecule is CNC(=O)c1cccnc1N1CCCC(COc2ccccc2)C1. The zero-order chi connectivity index (χ0) is 16.8. The lowest BCUT2D eigenvalue weighted by Gasteiger charge is -2.34. The highest BCUT2D eigenvalue weighted by Crippen LogP contribution is 2.25. The molecule has 0 spiro atoms. The second-order valence-corrected chi connectivity index (χ2v) is 6.03. The van der Waals surface area contributed by atoms with E-state index in [1.165, 1.54) is 0 Å². The molecule has 1 aromatic carbocycles. The Morgan fingerprint density at radius 2 is 2.12 bits per heavy atom. The second kappa shape index (κ2) is 7.81. The molecule has 1 aliphatic heterocycles. The lowest BCUT2D eigenvalue weighted by atomic mass is 9.98. The van der Waals surface area contributed by atoms with Gasteiger partial charge in [-0.15, -0.1) is 0 Å². The summed E-state index contributed by atoms with van der Waals surface area (Å²) in [6.45, 7) is 2.46. The smallest absolute Gasteiger partial charge is 0.254 e. The largest absolute Gasteiger partial charge is 0.493 e. The van der Waals surface area contributed by atoms with Gasteiger partial charge in [0.15, 0.2) is 0 Å². The maximum absolute atomic E-state index is 12.1. The fourth-order valence-corrected chi connectivity index (χ4v) is 3.09. The van der Waals surface area contributed by atoms with Gasteiger partial charge in [-0.2, -0.15) is 0 Å². The Morgan fingerprint density at radius 1 is 1.29 bits per heavy atom. The number of nitrogens with one attached hydrogen (secondary N) is 1. The third kappa shape index (κ3) is 3.85. The summed E-state index contributed by atoms with van der Waals surface area (Å²) in [6.07, 6.45) is 3.95. The zero-order valence-electron chi connectivity index (χ0n) is 13.9. The van der Waals surface area contributed by atoms with Crippen LogP contribution in [0.2, 0.25) is 0 Å². The molecular formula is C19H23N3O2. The van der Waals surface area contributed by atoms with E-state index in [1.807, 2.05) is 36.4 Å². The van der Waals surface area contributed by atoms with Crippen LogP contribution < -0.4 is 15.0 Å². The fourth-order valence-electron chi connectivity index (χ4n) is 3.09. The second-order valence-electron chi connectivity index (χ2n) is 6.03. The number of benzene rings is 1. The summed E-state index contributed by atoms with van der Waals surface area (Å²) < 4.78 is 5.90. The molecule has 1 atom stereocenters. The molecule has 0 radical (unpaired) electrons. The molecule has 1 amide bonds. The Bertz CT molecular complexity index is 675. The minimum atomic E-state index is -0.0965. The first-order chi connectivity index (χ1) is 11.8. The third-order valence-electron chi connectivity index (χ3n) is 4.31. The summed E-state index contributed by atoms with van der Waals surface area (Å²) in [6, 6.07) is 13.5. The van der Waals surface area contributed by atoms with Gasteiger partial charge in [-0.25, -0.2) is 4.98 Å². The topological polar surface area (TPSA) is 54.5 Å². The molecule has 1 saturated heterocycles. The Labute approximate surface area is 142 Å². The van der Waals surface area contributed by atoms with E-state index in [0.29, 0.717) is 18.1 Å². The predicted molar refractivity (Wildman–Crippen MR) is 94.5 cm³/mol. The molecule has 0 bridgehead atoms. The van der Waals surface area contributed by atoms with Gasteiger partial charge in [0, 0.05) is 32.3 Å². The van der Waals surface area contributed by atoms with Crippen molar-refractivity contribution in [3.05, 3.63) is 54.2 Å². The molecule has 126 valence electrons. The van der Waals surface area contributed by atoms with Gasteiger partial charge in [-0.05, 0) is 37.1 Å². The van der Waals surface area contributed by atoms with Crippen molar-refractivity contribution in [1.82, 2.24) is 10.3 Å². The Hall–Kier alpha value is -2.56. The molecule has 5 nitrogen and oxygen atoms in total. The van der Waals surface area contributed by atoms with Crippen molar-refractivity contribution in [2.75, 3.05) is 31.6 Å². The maximum atomic E-state index is 12.1. The number of carbonyl (C=O) groups is 1. The Kier molecular flexibility index (Phi) is 5.31. The molecule has 0 aliphatic carbocycles. The first-order valence-electron chi connectivity index (χ1n) is 8.38. The zero-order valence-corrected chi connectivity index (χ0v) is 13.9. The number of rotatable bonds is 5. The molecule has 2 aromatic rings. The molecule has 5 heteroatoms. The highest BCUT2D eigenvalue weighted by atomic mass is 16.5. The van der Waals surface area contributed by atoms with Crippen LogP contribution in [0, 0.1) is 5.92 Å². The summed E-state index contributed by atoms with van der Waals surface area (Å²) >= 11 is 0. The van der Waals surface area contributed by atoms with Gasteiger partial charge in [0.25, 0.3) is 5.91 Å². The predicted octanol–water partition coefficient (Wildman–Crippen LogP) is 2.74. The van der Waals surface area contributed by atoms with Gasteiger partial charge >= 0.3 is 0 Å². The molecular weight excluding hydrogens is 302 g/mol. The Morgan fingerprint density at radius 3 is 2.92 bits per heavy atom. The van der Waals surface area contributed by atoms with Gasteiger partial charge in [0.2, 0.25) is 0 Å². The normalized spacial score (nSPS) is 17.4. The lowest BCUT2D eigenvalue weighted by Crippen LogP contribution is -2.39. The van der Waals surface area contributed by atoms with Crippen molar-refractivity contribution in [1.29, 1.82) is 0 Å². The number of hydrogen-bond acceptors (Lipinski definition) is 4. The van der Waals surface area contributed by atoms with E-state index in [9.17, 15) is 4.79 Å². The molecule has 3 rings (SSSR count). The number of hydrogen-bond donors (Lipinski definition) is 1. The molecule has 0 saturated carbocycles. The van der Waals surface area contributed by atoms with Crippen LogP contribution in [-0.2, 0) is 0 Å². The van der Waals surface area contributed by atoms with E-state index in [2.05, 4.69) is 15.2 Å². The van der Waals surface area contributed by atoms with Gasteiger partial charge in [-0.3, -0.25) is 4.79 Å². The van der Waals surface area contributed by atoms with Crippen molar-refractivity contribution in [2.24, 2.45) is 5.92 Å². The van der Waals surface area contributed by atoms with Gasteiger partial charge in [0.1, 0.15) is 11.6 Å². The highest BCUT2D eigenvalue weighted by molar-refractivity contribution is 5.98. The average Bonchev–Trinajstić information content (AvgIpc) is 2.67. The van der Waals surface area contributed by atoms with Gasteiger partial charge in [-0.1, -0.05) is 18.2 Å². The first-order valence-corrected chi connectivity index (χ1v) is 8.38. The monoisotopic (exact) mass is 325 g/mol. The molecule has 1 aliphatic rings. The van der Waals surface area contributed by atoms with Crippen LogP contribution in [0.4, 0.5) is 5.82 Å². The van der Waals surface area contributed by atoms with Crippen LogP contribution in [0.15, 0.2) is 48.7 Å². The number of nitrogens with zero attached hydrogens (tertiary/aromatic N) is 2. The van der Waals surface area contributed by atoms with Crippen molar-refractivity contribution >= 4 is 11.7 Å². The van der Waals surface area contributed by atoms with Crippen molar-refractivity contribution in [3.63, 3.8) is 0 Å². The third-order valence-corrected chi connectivity index (χ3v) is 4.31. The molecule has 1 unspecified atom stereocenters. The number of anilines is 1. The van der Waals surface area contributed by atoms with Gasteiger partial charge in [0.05, 0.1) is 12.2 Å². The molecule has 1 fully saturated rings. The van der Waals surface area contributed by atoms with Crippen LogP contribution in [0.5, 0.6) is 5.75 Å². The minimum Gasteiger partial charge on any atom is -0.493 e. The van der Waals surface area contributed by atoms with Crippen LogP contribution >= 0.6 is 0 Å². The van der Waals surface area contributed by atoms with Crippen molar-refractivity contribution in [3.8, 4) is 5.75 Å². The summed E-state index contributed by atoms with van der Waals surface area (Å²) in [4.78, 5) is 18.7. The Balaban J connectivity index is 1.66. The fraction of sp³-hybridized carbons (Fsp3) is 0.368. The van der Waals surface area contributed by atoms with E-state index in [-0.39, 0.29) is 5.91 Å². The number of piperidine rings is 1. The number of amides is 1. The minimum absolute atomic E-state index is 0.0965. The van der Waals surface area contributed by atoms with Crippen LogP contribution in [-0.4, -0.2) is 37.6 Å². The van der Waals surface area contributed by atoms with E-state index >= 15 is 0 Å². The number of carbonyl (C=O) groups excluding carboxylic acids is 1.